The van der Waals surface area contributed by atoms with Crippen molar-refractivity contribution in [2.24, 2.45) is 0 Å². The summed E-state index contributed by atoms with van der Waals surface area (Å²) in [6.45, 7) is 4.05. The summed E-state index contributed by atoms with van der Waals surface area (Å²) in [5, 5.41) is 2.92. The van der Waals surface area contributed by atoms with E-state index in [1.54, 1.807) is 24.0 Å². The van der Waals surface area contributed by atoms with Gasteiger partial charge in [-0.2, -0.15) is 0 Å². The molecule has 2 rings (SSSR count). The standard InChI is InChI=1S/C15H19F2N3O/c1-10(2)20-8-7-19(15(20)21)9-13(18-3)11-5-4-6-12(16)14(11)17/h4-8,10,13,18H,9H2,1-3H3. The largest absolute Gasteiger partial charge is 0.328 e. The van der Waals surface area contributed by atoms with Gasteiger partial charge in [-0.25, -0.2) is 13.6 Å². The number of nitrogens with zero attached hydrogens (tertiary/aromatic N) is 2. The van der Waals surface area contributed by atoms with Crippen LogP contribution in [-0.2, 0) is 6.54 Å². The van der Waals surface area contributed by atoms with Gasteiger partial charge in [-0.3, -0.25) is 9.13 Å². The van der Waals surface area contributed by atoms with Crippen molar-refractivity contribution in [3.63, 3.8) is 0 Å². The number of halogens is 2. The predicted molar refractivity (Wildman–Crippen MR) is 77.2 cm³/mol. The van der Waals surface area contributed by atoms with Crippen molar-refractivity contribution in [1.82, 2.24) is 14.5 Å². The first-order valence-electron chi connectivity index (χ1n) is 6.84. The lowest BCUT2D eigenvalue weighted by Gasteiger charge is -2.18. The van der Waals surface area contributed by atoms with Gasteiger partial charge < -0.3 is 5.32 Å². The van der Waals surface area contributed by atoms with Crippen LogP contribution in [0.1, 0.15) is 31.5 Å². The number of hydrogen-bond acceptors (Lipinski definition) is 2. The Balaban J connectivity index is 2.32. The molecule has 114 valence electrons. The Hall–Kier alpha value is -1.95. The lowest BCUT2D eigenvalue weighted by atomic mass is 10.1. The summed E-state index contributed by atoms with van der Waals surface area (Å²) in [6, 6.07) is 3.62. The van der Waals surface area contributed by atoms with Gasteiger partial charge in [0.2, 0.25) is 0 Å². The first-order chi connectivity index (χ1) is 9.95. The van der Waals surface area contributed by atoms with Crippen LogP contribution in [0.2, 0.25) is 0 Å². The second kappa shape index (κ2) is 6.22. The zero-order valence-corrected chi connectivity index (χ0v) is 12.3. The van der Waals surface area contributed by atoms with Crippen LogP contribution in [0, 0.1) is 11.6 Å². The molecule has 21 heavy (non-hydrogen) atoms. The van der Waals surface area contributed by atoms with Crippen molar-refractivity contribution < 1.29 is 8.78 Å². The number of aromatic nitrogens is 2. The number of likely N-dealkylation sites (N-methyl/N-ethyl adjacent to an activating group) is 1. The van der Waals surface area contributed by atoms with Crippen molar-refractivity contribution in [2.75, 3.05) is 7.05 Å². The van der Waals surface area contributed by atoms with E-state index in [2.05, 4.69) is 5.32 Å². The van der Waals surface area contributed by atoms with Crippen molar-refractivity contribution in [2.45, 2.75) is 32.5 Å². The Bertz CT molecular complexity index is 676. The minimum Gasteiger partial charge on any atom is -0.311 e. The van der Waals surface area contributed by atoms with E-state index in [4.69, 9.17) is 0 Å². The van der Waals surface area contributed by atoms with Gasteiger partial charge in [0, 0.05) is 30.5 Å². The molecule has 2 aromatic rings. The number of rotatable bonds is 5. The summed E-state index contributed by atoms with van der Waals surface area (Å²) in [4.78, 5) is 12.2. The lowest BCUT2D eigenvalue weighted by Crippen LogP contribution is -2.31. The van der Waals surface area contributed by atoms with Gasteiger partial charge in [0.25, 0.3) is 0 Å². The molecular formula is C15H19F2N3O. The zero-order chi connectivity index (χ0) is 15.6. The molecule has 1 aromatic carbocycles. The van der Waals surface area contributed by atoms with Crippen LogP contribution in [0.3, 0.4) is 0 Å². The third-order valence-corrected chi connectivity index (χ3v) is 3.51. The van der Waals surface area contributed by atoms with Crippen LogP contribution < -0.4 is 11.0 Å². The second-order valence-corrected chi connectivity index (χ2v) is 5.22. The second-order valence-electron chi connectivity index (χ2n) is 5.22. The molecular weight excluding hydrogens is 276 g/mol. The molecule has 4 nitrogen and oxygen atoms in total. The highest BCUT2D eigenvalue weighted by molar-refractivity contribution is 5.22. The molecule has 1 heterocycles. The first kappa shape index (κ1) is 15.4. The van der Waals surface area contributed by atoms with Gasteiger partial charge in [-0.15, -0.1) is 0 Å². The van der Waals surface area contributed by atoms with E-state index in [1.165, 1.54) is 16.7 Å². The third-order valence-electron chi connectivity index (χ3n) is 3.51. The highest BCUT2D eigenvalue weighted by atomic mass is 19.2. The van der Waals surface area contributed by atoms with Crippen molar-refractivity contribution in [1.29, 1.82) is 0 Å². The Labute approximate surface area is 122 Å². The van der Waals surface area contributed by atoms with E-state index in [1.807, 2.05) is 13.8 Å². The van der Waals surface area contributed by atoms with Gasteiger partial charge in [-0.05, 0) is 27.0 Å². The first-order valence-corrected chi connectivity index (χ1v) is 6.84. The molecule has 0 aliphatic carbocycles. The van der Waals surface area contributed by atoms with E-state index in [0.717, 1.165) is 6.07 Å². The summed E-state index contributed by atoms with van der Waals surface area (Å²) >= 11 is 0. The van der Waals surface area contributed by atoms with E-state index < -0.39 is 17.7 Å². The minimum absolute atomic E-state index is 0.0534. The van der Waals surface area contributed by atoms with Crippen LogP contribution >= 0.6 is 0 Å². The summed E-state index contributed by atoms with van der Waals surface area (Å²) in [5.74, 6) is -1.77. The minimum atomic E-state index is -0.889. The quantitative estimate of drug-likeness (QED) is 0.920. The van der Waals surface area contributed by atoms with E-state index in [0.29, 0.717) is 0 Å². The lowest BCUT2D eigenvalue weighted by molar-refractivity contribution is 0.437. The van der Waals surface area contributed by atoms with Crippen molar-refractivity contribution in [3.05, 3.63) is 58.3 Å². The summed E-state index contributed by atoms with van der Waals surface area (Å²) in [5.41, 5.74) is 0.0451. The maximum atomic E-state index is 13.9. The smallest absolute Gasteiger partial charge is 0.311 e. The predicted octanol–water partition coefficient (Wildman–Crippen LogP) is 2.47. The Kier molecular flexibility index (Phi) is 4.57. The average Bonchev–Trinajstić information content (AvgIpc) is 2.81. The fraction of sp³-hybridized carbons (Fsp3) is 0.400. The Morgan fingerprint density at radius 1 is 1.24 bits per heavy atom. The summed E-state index contributed by atoms with van der Waals surface area (Å²) < 4.78 is 30.3. The average molecular weight is 295 g/mol. The SMILES string of the molecule is CNC(Cn1ccn(C(C)C)c1=O)c1cccc(F)c1F. The molecule has 1 aromatic heterocycles. The van der Waals surface area contributed by atoms with Gasteiger partial charge in [0.15, 0.2) is 11.6 Å². The normalized spacial score (nSPS) is 12.9. The van der Waals surface area contributed by atoms with E-state index in [-0.39, 0.29) is 23.8 Å². The van der Waals surface area contributed by atoms with Crippen LogP contribution in [-0.4, -0.2) is 16.2 Å². The third kappa shape index (κ3) is 3.05. The maximum Gasteiger partial charge on any atom is 0.328 e. The topological polar surface area (TPSA) is 39.0 Å². The molecule has 0 aliphatic rings. The van der Waals surface area contributed by atoms with Gasteiger partial charge >= 0.3 is 5.69 Å². The molecule has 0 amide bonds. The maximum absolute atomic E-state index is 13.9. The van der Waals surface area contributed by atoms with Gasteiger partial charge in [0.05, 0.1) is 6.04 Å². The molecule has 0 spiro atoms. The highest BCUT2D eigenvalue weighted by Gasteiger charge is 2.18. The molecule has 0 saturated heterocycles. The summed E-state index contributed by atoms with van der Waals surface area (Å²) in [7, 11) is 1.65. The Morgan fingerprint density at radius 3 is 2.52 bits per heavy atom. The number of nitrogens with one attached hydrogen (secondary N) is 1. The van der Waals surface area contributed by atoms with Crippen LogP contribution in [0.15, 0.2) is 35.4 Å². The monoisotopic (exact) mass is 295 g/mol. The fourth-order valence-corrected chi connectivity index (χ4v) is 2.29. The molecule has 0 bridgehead atoms. The molecule has 0 aliphatic heterocycles. The summed E-state index contributed by atoms with van der Waals surface area (Å²) in [6.07, 6.45) is 3.35. The van der Waals surface area contributed by atoms with Crippen LogP contribution in [0.25, 0.3) is 0 Å². The molecule has 0 saturated carbocycles. The van der Waals surface area contributed by atoms with Gasteiger partial charge in [-0.1, -0.05) is 12.1 Å². The van der Waals surface area contributed by atoms with Crippen LogP contribution in [0.5, 0.6) is 0 Å². The van der Waals surface area contributed by atoms with Crippen molar-refractivity contribution in [3.8, 4) is 0 Å². The molecule has 6 heteroatoms. The molecule has 0 fully saturated rings. The fourth-order valence-electron chi connectivity index (χ4n) is 2.29. The van der Waals surface area contributed by atoms with Crippen LogP contribution in [0.4, 0.5) is 8.78 Å². The number of hydrogen-bond donors (Lipinski definition) is 1. The molecule has 1 unspecified atom stereocenters. The molecule has 1 N–H and O–H groups in total. The zero-order valence-electron chi connectivity index (χ0n) is 12.3. The highest BCUT2D eigenvalue weighted by Crippen LogP contribution is 2.20. The van der Waals surface area contributed by atoms with E-state index in [9.17, 15) is 13.6 Å². The van der Waals surface area contributed by atoms with Crippen molar-refractivity contribution >= 4 is 0 Å². The number of benzene rings is 1. The molecule has 0 radical (unpaired) electrons. The Morgan fingerprint density at radius 2 is 1.95 bits per heavy atom. The van der Waals surface area contributed by atoms with Gasteiger partial charge in [0.1, 0.15) is 0 Å². The molecule has 1 atom stereocenters. The van der Waals surface area contributed by atoms with E-state index >= 15 is 0 Å². The number of imidazole rings is 1.